The lowest BCUT2D eigenvalue weighted by molar-refractivity contribution is 0.343. The topological polar surface area (TPSA) is 68.5 Å². The molecule has 3 aromatic heterocycles. The first-order valence-corrected chi connectivity index (χ1v) is 9.75. The van der Waals surface area contributed by atoms with E-state index in [1.165, 1.54) is 11.1 Å². The summed E-state index contributed by atoms with van der Waals surface area (Å²) in [5, 5.41) is 3.49. The fourth-order valence-electron chi connectivity index (χ4n) is 4.30. The first-order chi connectivity index (χ1) is 13.9. The van der Waals surface area contributed by atoms with Crippen molar-refractivity contribution in [1.29, 1.82) is 0 Å². The third-order valence-electron chi connectivity index (χ3n) is 5.65. The van der Waals surface area contributed by atoms with Crippen molar-refractivity contribution in [1.82, 2.24) is 29.8 Å². The average molecular weight is 370 g/mol. The number of hydrogen-bond donors (Lipinski definition) is 1. The second kappa shape index (κ2) is 7.48. The summed E-state index contributed by atoms with van der Waals surface area (Å²) in [6, 6.07) is 10.9. The van der Waals surface area contributed by atoms with Crippen molar-refractivity contribution >= 4 is 11.2 Å². The van der Waals surface area contributed by atoms with Gasteiger partial charge in [-0.1, -0.05) is 12.1 Å². The summed E-state index contributed by atoms with van der Waals surface area (Å²) < 4.78 is 2.02. The molecule has 6 nitrogen and oxygen atoms in total. The number of piperidine rings is 1. The second-order valence-corrected chi connectivity index (χ2v) is 7.26. The maximum absolute atomic E-state index is 4.63. The van der Waals surface area contributed by atoms with Crippen LogP contribution < -0.4 is 5.32 Å². The molecule has 1 aliphatic rings. The Labute approximate surface area is 163 Å². The van der Waals surface area contributed by atoms with Crippen LogP contribution in [0.15, 0.2) is 67.6 Å². The van der Waals surface area contributed by atoms with Crippen LogP contribution >= 0.6 is 0 Å². The summed E-state index contributed by atoms with van der Waals surface area (Å²) in [7, 11) is 0. The summed E-state index contributed by atoms with van der Waals surface area (Å²) in [6.07, 6.45) is 13.2. The zero-order valence-electron chi connectivity index (χ0n) is 15.6. The van der Waals surface area contributed by atoms with Crippen LogP contribution in [0.4, 0.5) is 0 Å². The summed E-state index contributed by atoms with van der Waals surface area (Å²) in [5.41, 5.74) is 5.28. The molecule has 1 N–H and O–H groups in total. The molecule has 0 aliphatic carbocycles. The molecular formula is C22H22N6. The third-order valence-corrected chi connectivity index (χ3v) is 5.65. The van der Waals surface area contributed by atoms with Crippen LogP contribution in [0.25, 0.3) is 16.9 Å². The van der Waals surface area contributed by atoms with Crippen LogP contribution in [0.2, 0.25) is 0 Å². The van der Waals surface area contributed by atoms with E-state index in [4.69, 9.17) is 0 Å². The van der Waals surface area contributed by atoms with Crippen LogP contribution in [0.3, 0.4) is 0 Å². The number of nitrogens with zero attached hydrogens (tertiary/aromatic N) is 5. The van der Waals surface area contributed by atoms with E-state index in [2.05, 4.69) is 55.6 Å². The third kappa shape index (κ3) is 3.16. The van der Waals surface area contributed by atoms with E-state index in [1.54, 1.807) is 18.6 Å². The number of hydrogen-bond acceptors (Lipinski definition) is 5. The van der Waals surface area contributed by atoms with Gasteiger partial charge in [-0.3, -0.25) is 4.98 Å². The van der Waals surface area contributed by atoms with Gasteiger partial charge < -0.3 is 9.88 Å². The van der Waals surface area contributed by atoms with Gasteiger partial charge in [0.25, 0.3) is 0 Å². The normalized spacial score (nSPS) is 16.3. The summed E-state index contributed by atoms with van der Waals surface area (Å²) in [4.78, 5) is 17.6. The van der Waals surface area contributed by atoms with Crippen LogP contribution in [0.5, 0.6) is 0 Å². The molecule has 4 heterocycles. The van der Waals surface area contributed by atoms with Crippen LogP contribution in [-0.2, 0) is 0 Å². The van der Waals surface area contributed by atoms with Gasteiger partial charge in [0.05, 0.1) is 6.33 Å². The van der Waals surface area contributed by atoms with Gasteiger partial charge in [0.15, 0.2) is 5.65 Å². The summed E-state index contributed by atoms with van der Waals surface area (Å²) in [5.74, 6) is 0.842. The Morgan fingerprint density at radius 2 is 1.68 bits per heavy atom. The van der Waals surface area contributed by atoms with Gasteiger partial charge in [-0.05, 0) is 61.2 Å². The predicted octanol–water partition coefficient (Wildman–Crippen LogP) is 3.34. The molecule has 0 spiro atoms. The zero-order valence-corrected chi connectivity index (χ0v) is 15.6. The Bertz CT molecular complexity index is 1050. The molecule has 5 rings (SSSR count). The van der Waals surface area contributed by atoms with Crippen molar-refractivity contribution in [3.63, 3.8) is 0 Å². The minimum Gasteiger partial charge on any atom is -0.317 e. The van der Waals surface area contributed by atoms with E-state index in [-0.39, 0.29) is 5.92 Å². The highest BCUT2D eigenvalue weighted by molar-refractivity contribution is 5.74. The number of nitrogens with one attached hydrogen (secondary N) is 1. The van der Waals surface area contributed by atoms with Crippen LogP contribution in [0.1, 0.15) is 29.9 Å². The SMILES string of the molecule is c1cn(-c2ccc(C(c3ccnc4nccnc34)C3CCNCC3)cc2)cn1. The zero-order chi connectivity index (χ0) is 18.8. The molecule has 0 radical (unpaired) electrons. The average Bonchev–Trinajstić information content (AvgIpc) is 3.30. The molecule has 1 saturated heterocycles. The summed E-state index contributed by atoms with van der Waals surface area (Å²) >= 11 is 0. The van der Waals surface area contributed by atoms with Crippen molar-refractivity contribution < 1.29 is 0 Å². The standard InChI is InChI=1S/C22H22N6/c1-3-18(28-14-13-24-15-28)4-2-16(1)20(17-5-8-23-9-6-17)19-7-10-26-22-21(19)25-11-12-27-22/h1-4,7,10-15,17,20,23H,5-6,8-9H2. The fraction of sp³-hybridized carbons (Fsp3) is 0.273. The van der Waals surface area contributed by atoms with Gasteiger partial charge in [0, 0.05) is 42.6 Å². The Hall–Kier alpha value is -3.12. The Morgan fingerprint density at radius 3 is 2.46 bits per heavy atom. The monoisotopic (exact) mass is 370 g/mol. The lowest BCUT2D eigenvalue weighted by Gasteiger charge is -2.32. The van der Waals surface area contributed by atoms with Crippen LogP contribution in [0, 0.1) is 5.92 Å². The highest BCUT2D eigenvalue weighted by atomic mass is 15.0. The lowest BCUT2D eigenvalue weighted by Crippen LogP contribution is -2.31. The van der Waals surface area contributed by atoms with E-state index in [0.29, 0.717) is 11.6 Å². The quantitative estimate of drug-likeness (QED) is 0.597. The van der Waals surface area contributed by atoms with Crippen LogP contribution in [-0.4, -0.2) is 37.6 Å². The number of benzene rings is 1. The number of rotatable bonds is 4. The molecule has 1 aromatic carbocycles. The molecule has 0 bridgehead atoms. The molecule has 1 aliphatic heterocycles. The molecule has 1 atom stereocenters. The van der Waals surface area contributed by atoms with E-state index >= 15 is 0 Å². The molecule has 1 fully saturated rings. The molecule has 6 heteroatoms. The Balaban J connectivity index is 1.60. The van der Waals surface area contributed by atoms with Gasteiger partial charge in [0.1, 0.15) is 5.52 Å². The molecule has 140 valence electrons. The maximum atomic E-state index is 4.63. The van der Waals surface area contributed by atoms with Crippen molar-refractivity contribution in [2.24, 2.45) is 5.92 Å². The minimum absolute atomic E-state index is 0.279. The second-order valence-electron chi connectivity index (χ2n) is 7.26. The molecule has 0 saturated carbocycles. The number of fused-ring (bicyclic) bond motifs is 1. The smallest absolute Gasteiger partial charge is 0.178 e. The Morgan fingerprint density at radius 1 is 0.893 bits per heavy atom. The molecule has 1 unspecified atom stereocenters. The Kier molecular flexibility index (Phi) is 4.54. The highest BCUT2D eigenvalue weighted by Gasteiger charge is 2.28. The van der Waals surface area contributed by atoms with E-state index in [9.17, 15) is 0 Å². The molecular weight excluding hydrogens is 348 g/mol. The van der Waals surface area contributed by atoms with E-state index in [0.717, 1.165) is 37.1 Å². The van der Waals surface area contributed by atoms with Gasteiger partial charge in [0.2, 0.25) is 0 Å². The predicted molar refractivity (Wildman–Crippen MR) is 108 cm³/mol. The first kappa shape index (κ1) is 17.0. The van der Waals surface area contributed by atoms with Crippen molar-refractivity contribution in [3.8, 4) is 5.69 Å². The molecule has 4 aromatic rings. The van der Waals surface area contributed by atoms with Crippen molar-refractivity contribution in [3.05, 3.63) is 78.8 Å². The molecule has 28 heavy (non-hydrogen) atoms. The minimum atomic E-state index is 0.279. The van der Waals surface area contributed by atoms with Crippen molar-refractivity contribution in [2.45, 2.75) is 18.8 Å². The first-order valence-electron chi connectivity index (χ1n) is 9.75. The fourth-order valence-corrected chi connectivity index (χ4v) is 4.30. The van der Waals surface area contributed by atoms with Gasteiger partial charge >= 0.3 is 0 Å². The number of imidazole rings is 1. The van der Waals surface area contributed by atoms with E-state index in [1.807, 2.05) is 23.3 Å². The van der Waals surface area contributed by atoms with E-state index < -0.39 is 0 Å². The molecule has 0 amide bonds. The van der Waals surface area contributed by atoms with Crippen molar-refractivity contribution in [2.75, 3.05) is 13.1 Å². The summed E-state index contributed by atoms with van der Waals surface area (Å²) in [6.45, 7) is 2.12. The van der Waals surface area contributed by atoms with Gasteiger partial charge in [-0.2, -0.15) is 0 Å². The van der Waals surface area contributed by atoms with Gasteiger partial charge in [-0.25, -0.2) is 15.0 Å². The maximum Gasteiger partial charge on any atom is 0.178 e. The largest absolute Gasteiger partial charge is 0.317 e. The number of aromatic nitrogens is 5. The van der Waals surface area contributed by atoms with Gasteiger partial charge in [-0.15, -0.1) is 0 Å². The lowest BCUT2D eigenvalue weighted by atomic mass is 9.76. The highest BCUT2D eigenvalue weighted by Crippen LogP contribution is 2.39. The number of pyridine rings is 1.